The SMILES string of the molecule is CSCCOP(N)(=O)N(CCCl)CCCl. The molecule has 0 aromatic carbocycles. The van der Waals surface area contributed by atoms with Gasteiger partial charge in [-0.3, -0.25) is 4.57 Å². The van der Waals surface area contributed by atoms with E-state index in [0.29, 0.717) is 31.5 Å². The highest BCUT2D eigenvalue weighted by Gasteiger charge is 2.26. The normalized spacial score (nSPS) is 15.5. The van der Waals surface area contributed by atoms with Crippen LogP contribution in [0.25, 0.3) is 0 Å². The Morgan fingerprint density at radius 2 is 1.93 bits per heavy atom. The molecule has 0 bridgehead atoms. The molecule has 2 N–H and O–H groups in total. The van der Waals surface area contributed by atoms with Crippen molar-refractivity contribution in [2.75, 3.05) is 43.5 Å². The number of hydrogen-bond donors (Lipinski definition) is 1. The third-order valence-corrected chi connectivity index (χ3v) is 4.30. The van der Waals surface area contributed by atoms with Gasteiger partial charge in [-0.25, -0.2) is 10.2 Å². The maximum absolute atomic E-state index is 11.9. The quantitative estimate of drug-likeness (QED) is 0.401. The molecule has 0 saturated heterocycles. The topological polar surface area (TPSA) is 55.6 Å². The van der Waals surface area contributed by atoms with Crippen molar-refractivity contribution in [2.24, 2.45) is 5.50 Å². The van der Waals surface area contributed by atoms with E-state index in [-0.39, 0.29) is 0 Å². The zero-order valence-electron chi connectivity index (χ0n) is 8.70. The molecule has 0 spiro atoms. The summed E-state index contributed by atoms with van der Waals surface area (Å²) in [7, 11) is -3.21. The minimum atomic E-state index is -3.21. The second kappa shape index (κ2) is 9.11. The molecule has 0 aliphatic rings. The number of hydrogen-bond acceptors (Lipinski definition) is 3. The van der Waals surface area contributed by atoms with Crippen molar-refractivity contribution in [2.45, 2.75) is 0 Å². The van der Waals surface area contributed by atoms with E-state index in [2.05, 4.69) is 0 Å². The van der Waals surface area contributed by atoms with Crippen LogP contribution in [0.5, 0.6) is 0 Å². The van der Waals surface area contributed by atoms with Crippen molar-refractivity contribution >= 4 is 42.6 Å². The Hall–Kier alpha value is 1.04. The number of rotatable bonds is 9. The summed E-state index contributed by atoms with van der Waals surface area (Å²) >= 11 is 12.8. The summed E-state index contributed by atoms with van der Waals surface area (Å²) in [5, 5.41) is 0. The molecule has 1 atom stereocenters. The van der Waals surface area contributed by atoms with Gasteiger partial charge in [0.2, 0.25) is 0 Å². The summed E-state index contributed by atoms with van der Waals surface area (Å²) in [6, 6.07) is 0. The zero-order chi connectivity index (χ0) is 11.7. The maximum atomic E-state index is 11.9. The average Bonchev–Trinajstić information content (AvgIpc) is 2.18. The van der Waals surface area contributed by atoms with Crippen LogP contribution >= 0.6 is 42.6 Å². The van der Waals surface area contributed by atoms with Gasteiger partial charge in [0.15, 0.2) is 0 Å². The second-order valence-electron chi connectivity index (χ2n) is 2.72. The van der Waals surface area contributed by atoms with Gasteiger partial charge in [0, 0.05) is 30.6 Å². The Morgan fingerprint density at radius 3 is 2.33 bits per heavy atom. The molecule has 0 amide bonds. The van der Waals surface area contributed by atoms with Gasteiger partial charge >= 0.3 is 7.67 Å². The number of halogens is 2. The molecule has 1 unspecified atom stereocenters. The fraction of sp³-hybridized carbons (Fsp3) is 1.00. The number of alkyl halides is 2. The summed E-state index contributed by atoms with van der Waals surface area (Å²) in [5.74, 6) is 1.46. The van der Waals surface area contributed by atoms with Crippen molar-refractivity contribution < 1.29 is 9.09 Å². The Balaban J connectivity index is 4.15. The van der Waals surface area contributed by atoms with Gasteiger partial charge in [-0.2, -0.15) is 11.8 Å². The molecular weight excluding hydrogens is 278 g/mol. The molecule has 0 saturated carbocycles. The zero-order valence-corrected chi connectivity index (χ0v) is 11.9. The van der Waals surface area contributed by atoms with E-state index < -0.39 is 7.67 Å². The van der Waals surface area contributed by atoms with Gasteiger partial charge in [-0.15, -0.1) is 23.2 Å². The van der Waals surface area contributed by atoms with Crippen LogP contribution in [0.2, 0.25) is 0 Å². The molecule has 0 aromatic rings. The summed E-state index contributed by atoms with van der Waals surface area (Å²) in [4.78, 5) is 0. The van der Waals surface area contributed by atoms with Gasteiger partial charge in [0.05, 0.1) is 6.61 Å². The fourth-order valence-electron chi connectivity index (χ4n) is 0.919. The van der Waals surface area contributed by atoms with Crippen LogP contribution < -0.4 is 5.50 Å². The standard InChI is InChI=1S/C7H17Cl2N2O2PS/c1-15-7-6-13-14(10,12)11(4-2-8)5-3-9/h2-7H2,1H3,(H2,10,12). The molecule has 4 nitrogen and oxygen atoms in total. The van der Waals surface area contributed by atoms with Crippen molar-refractivity contribution in [3.8, 4) is 0 Å². The number of nitrogens with two attached hydrogens (primary N) is 1. The third-order valence-electron chi connectivity index (χ3n) is 1.64. The summed E-state index contributed by atoms with van der Waals surface area (Å²) < 4.78 is 18.6. The van der Waals surface area contributed by atoms with Crippen molar-refractivity contribution in [3.05, 3.63) is 0 Å². The summed E-state index contributed by atoms with van der Waals surface area (Å²) in [5.41, 5.74) is 5.61. The smallest absolute Gasteiger partial charge is 0.305 e. The molecule has 0 fully saturated rings. The summed E-state index contributed by atoms with van der Waals surface area (Å²) in [6.45, 7) is 1.21. The first-order valence-corrected chi connectivity index (χ1v) is 8.59. The van der Waals surface area contributed by atoms with Gasteiger partial charge in [0.25, 0.3) is 0 Å². The average molecular weight is 295 g/mol. The fourth-order valence-corrected chi connectivity index (χ4v) is 3.21. The highest BCUT2D eigenvalue weighted by atomic mass is 35.5. The Labute approximate surface area is 105 Å². The van der Waals surface area contributed by atoms with Crippen LogP contribution in [0.15, 0.2) is 0 Å². The minimum absolute atomic E-state index is 0.351. The lowest BCUT2D eigenvalue weighted by Crippen LogP contribution is -2.29. The van der Waals surface area contributed by atoms with Crippen LogP contribution in [0.1, 0.15) is 0 Å². The highest BCUT2D eigenvalue weighted by Crippen LogP contribution is 2.42. The van der Waals surface area contributed by atoms with Crippen LogP contribution in [0.4, 0.5) is 0 Å². The first kappa shape index (κ1) is 16.0. The maximum Gasteiger partial charge on any atom is 0.340 e. The Bertz CT molecular complexity index is 205. The van der Waals surface area contributed by atoms with Gasteiger partial charge in [0.1, 0.15) is 0 Å². The molecule has 0 aromatic heterocycles. The van der Waals surface area contributed by atoms with Crippen LogP contribution in [-0.2, 0) is 9.09 Å². The molecule has 15 heavy (non-hydrogen) atoms. The van der Waals surface area contributed by atoms with E-state index in [1.165, 1.54) is 4.67 Å². The predicted molar refractivity (Wildman–Crippen MR) is 69.1 cm³/mol. The van der Waals surface area contributed by atoms with Gasteiger partial charge < -0.3 is 4.52 Å². The first-order chi connectivity index (χ1) is 7.08. The van der Waals surface area contributed by atoms with Crippen molar-refractivity contribution in [3.63, 3.8) is 0 Å². The number of nitrogens with zero attached hydrogens (tertiary/aromatic N) is 1. The van der Waals surface area contributed by atoms with Crippen LogP contribution in [0.3, 0.4) is 0 Å². The van der Waals surface area contributed by atoms with Gasteiger partial charge in [-0.05, 0) is 6.26 Å². The van der Waals surface area contributed by atoms with Gasteiger partial charge in [-0.1, -0.05) is 0 Å². The first-order valence-electron chi connectivity index (χ1n) is 4.48. The monoisotopic (exact) mass is 294 g/mol. The van der Waals surface area contributed by atoms with Crippen LogP contribution in [-0.4, -0.2) is 48.1 Å². The summed E-state index contributed by atoms with van der Waals surface area (Å²) in [6.07, 6.45) is 1.94. The van der Waals surface area contributed by atoms with E-state index in [1.54, 1.807) is 11.8 Å². The lowest BCUT2D eigenvalue weighted by atomic mass is 10.6. The minimum Gasteiger partial charge on any atom is -0.305 e. The van der Waals surface area contributed by atoms with E-state index in [1.807, 2.05) is 6.26 Å². The molecule has 0 aliphatic heterocycles. The number of thioether (sulfide) groups is 1. The van der Waals surface area contributed by atoms with E-state index >= 15 is 0 Å². The lowest BCUT2D eigenvalue weighted by Gasteiger charge is -2.26. The molecular formula is C7H17Cl2N2O2PS. The molecule has 0 heterocycles. The molecule has 0 radical (unpaired) electrons. The second-order valence-corrected chi connectivity index (χ2v) is 6.42. The van der Waals surface area contributed by atoms with E-state index in [4.69, 9.17) is 33.2 Å². The third kappa shape index (κ3) is 7.05. The van der Waals surface area contributed by atoms with Crippen molar-refractivity contribution in [1.82, 2.24) is 4.67 Å². The van der Waals surface area contributed by atoms with Crippen LogP contribution in [0, 0.1) is 0 Å². The molecule has 0 rings (SSSR count). The van der Waals surface area contributed by atoms with E-state index in [9.17, 15) is 4.57 Å². The van der Waals surface area contributed by atoms with E-state index in [0.717, 1.165) is 5.75 Å². The Morgan fingerprint density at radius 1 is 1.40 bits per heavy atom. The molecule has 8 heteroatoms. The molecule has 0 aliphatic carbocycles. The molecule has 92 valence electrons. The highest BCUT2D eigenvalue weighted by molar-refractivity contribution is 7.98. The lowest BCUT2D eigenvalue weighted by molar-refractivity contribution is 0.282. The predicted octanol–water partition coefficient (Wildman–Crippen LogP) is 2.21. The Kier molecular flexibility index (Phi) is 9.74. The largest absolute Gasteiger partial charge is 0.340 e. The van der Waals surface area contributed by atoms with Crippen molar-refractivity contribution in [1.29, 1.82) is 0 Å².